The highest BCUT2D eigenvalue weighted by Crippen LogP contribution is 2.31. The summed E-state index contributed by atoms with van der Waals surface area (Å²) in [5.41, 5.74) is -1.07. The number of carboxylic acid groups (broad SMARTS) is 1. The van der Waals surface area contributed by atoms with Crippen LogP contribution in [0, 0.1) is 11.6 Å². The molecule has 0 aliphatic carbocycles. The highest BCUT2D eigenvalue weighted by atomic mass is 19.2. The molecule has 2 rings (SSSR count). The van der Waals surface area contributed by atoms with Crippen molar-refractivity contribution in [1.29, 1.82) is 0 Å². The second kappa shape index (κ2) is 4.77. The zero-order valence-corrected chi connectivity index (χ0v) is 10.7. The number of benzene rings is 1. The van der Waals surface area contributed by atoms with Crippen LogP contribution in [0.25, 0.3) is 0 Å². The van der Waals surface area contributed by atoms with E-state index in [9.17, 15) is 13.6 Å². The first kappa shape index (κ1) is 13.7. The van der Waals surface area contributed by atoms with Gasteiger partial charge in [-0.05, 0) is 26.0 Å². The second-order valence-corrected chi connectivity index (χ2v) is 5.08. The molecule has 104 valence electrons. The quantitative estimate of drug-likeness (QED) is 0.896. The first-order valence-electron chi connectivity index (χ1n) is 5.91. The van der Waals surface area contributed by atoms with Gasteiger partial charge in [0, 0.05) is 6.54 Å². The molecule has 1 N–H and O–H groups in total. The average molecular weight is 271 g/mol. The number of ether oxygens (including phenoxy) is 1. The van der Waals surface area contributed by atoms with Crippen molar-refractivity contribution in [3.8, 4) is 0 Å². The molecule has 0 unspecified atom stereocenters. The van der Waals surface area contributed by atoms with Gasteiger partial charge in [0.25, 0.3) is 0 Å². The molecular formula is C13H15F2NO3. The first-order chi connectivity index (χ1) is 8.84. The molecule has 1 fully saturated rings. The van der Waals surface area contributed by atoms with Gasteiger partial charge in [0.15, 0.2) is 11.6 Å². The maximum absolute atomic E-state index is 14.0. The van der Waals surface area contributed by atoms with Gasteiger partial charge in [0.1, 0.15) is 0 Å². The Hall–Kier alpha value is -1.69. The lowest BCUT2D eigenvalue weighted by Gasteiger charge is -2.43. The largest absolute Gasteiger partial charge is 0.478 e. The van der Waals surface area contributed by atoms with Crippen molar-refractivity contribution in [3.63, 3.8) is 0 Å². The third-order valence-electron chi connectivity index (χ3n) is 3.23. The summed E-state index contributed by atoms with van der Waals surface area (Å²) in [6.07, 6.45) is 0. The number of carboxylic acids is 1. The zero-order chi connectivity index (χ0) is 14.2. The van der Waals surface area contributed by atoms with Gasteiger partial charge in [0.2, 0.25) is 0 Å². The summed E-state index contributed by atoms with van der Waals surface area (Å²) in [5.74, 6) is -3.94. The van der Waals surface area contributed by atoms with Gasteiger partial charge in [0.05, 0.1) is 30.0 Å². The number of morpholine rings is 1. The monoisotopic (exact) mass is 271 g/mol. The van der Waals surface area contributed by atoms with Crippen LogP contribution in [0.3, 0.4) is 0 Å². The Balaban J connectivity index is 2.46. The van der Waals surface area contributed by atoms with Crippen LogP contribution >= 0.6 is 0 Å². The minimum atomic E-state index is -1.48. The molecule has 0 spiro atoms. The number of aromatic carboxylic acids is 1. The Morgan fingerprint density at radius 2 is 2.05 bits per heavy atom. The second-order valence-electron chi connectivity index (χ2n) is 5.08. The molecule has 1 aliphatic heterocycles. The molecule has 0 radical (unpaired) electrons. The van der Waals surface area contributed by atoms with Crippen molar-refractivity contribution in [2.75, 3.05) is 24.7 Å². The molecule has 1 aromatic rings. The summed E-state index contributed by atoms with van der Waals surface area (Å²) in [5, 5.41) is 8.75. The smallest absolute Gasteiger partial charge is 0.338 e. The van der Waals surface area contributed by atoms with Crippen LogP contribution in [0.4, 0.5) is 14.5 Å². The fourth-order valence-corrected chi connectivity index (χ4v) is 2.22. The minimum Gasteiger partial charge on any atom is -0.478 e. The van der Waals surface area contributed by atoms with Crippen molar-refractivity contribution in [3.05, 3.63) is 29.3 Å². The van der Waals surface area contributed by atoms with Crippen LogP contribution < -0.4 is 4.90 Å². The van der Waals surface area contributed by atoms with Crippen molar-refractivity contribution in [1.82, 2.24) is 0 Å². The minimum absolute atomic E-state index is 0.0656. The van der Waals surface area contributed by atoms with Gasteiger partial charge in [-0.15, -0.1) is 0 Å². The van der Waals surface area contributed by atoms with E-state index in [0.29, 0.717) is 19.8 Å². The Morgan fingerprint density at radius 3 is 2.63 bits per heavy atom. The fraction of sp³-hybridized carbons (Fsp3) is 0.462. The predicted molar refractivity (Wildman–Crippen MR) is 65.6 cm³/mol. The van der Waals surface area contributed by atoms with E-state index in [1.165, 1.54) is 6.07 Å². The van der Waals surface area contributed by atoms with Crippen LogP contribution in [0.15, 0.2) is 12.1 Å². The molecule has 0 amide bonds. The lowest BCUT2D eigenvalue weighted by atomic mass is 10.0. The SMILES string of the molecule is CC1(C)COCCN1c1ccc(C(=O)O)c(F)c1F. The van der Waals surface area contributed by atoms with E-state index in [4.69, 9.17) is 9.84 Å². The Labute approximate surface area is 109 Å². The lowest BCUT2D eigenvalue weighted by molar-refractivity contribution is 0.0637. The van der Waals surface area contributed by atoms with E-state index in [1.54, 1.807) is 4.90 Å². The average Bonchev–Trinajstić information content (AvgIpc) is 2.32. The van der Waals surface area contributed by atoms with Gasteiger partial charge in [-0.3, -0.25) is 0 Å². The van der Waals surface area contributed by atoms with Gasteiger partial charge in [-0.25, -0.2) is 13.6 Å². The van der Waals surface area contributed by atoms with E-state index >= 15 is 0 Å². The van der Waals surface area contributed by atoms with E-state index < -0.39 is 28.7 Å². The summed E-state index contributed by atoms with van der Waals surface area (Å²) < 4.78 is 33.1. The summed E-state index contributed by atoms with van der Waals surface area (Å²) >= 11 is 0. The van der Waals surface area contributed by atoms with Crippen LogP contribution in [0.5, 0.6) is 0 Å². The molecule has 0 bridgehead atoms. The highest BCUT2D eigenvalue weighted by Gasteiger charge is 2.33. The predicted octanol–water partition coefficient (Wildman–Crippen LogP) is 2.28. The van der Waals surface area contributed by atoms with Crippen molar-refractivity contribution in [2.45, 2.75) is 19.4 Å². The standard InChI is InChI=1S/C13H15F2NO3/c1-13(2)7-19-6-5-16(13)9-4-3-8(12(17)18)10(14)11(9)15/h3-4H,5-7H2,1-2H3,(H,17,18). The van der Waals surface area contributed by atoms with E-state index in [2.05, 4.69) is 0 Å². The fourth-order valence-electron chi connectivity index (χ4n) is 2.22. The van der Waals surface area contributed by atoms with Crippen LogP contribution in [0.1, 0.15) is 24.2 Å². The summed E-state index contributed by atoms with van der Waals surface area (Å²) in [7, 11) is 0. The maximum atomic E-state index is 14.0. The van der Waals surface area contributed by atoms with Gasteiger partial charge >= 0.3 is 5.97 Å². The number of carbonyl (C=O) groups is 1. The van der Waals surface area contributed by atoms with Crippen LogP contribution in [-0.2, 0) is 4.74 Å². The molecule has 0 aromatic heterocycles. The van der Waals surface area contributed by atoms with E-state index in [0.717, 1.165) is 6.07 Å². The molecule has 6 heteroatoms. The van der Waals surface area contributed by atoms with Gasteiger partial charge in [-0.1, -0.05) is 0 Å². The number of hydrogen-bond donors (Lipinski definition) is 1. The van der Waals surface area contributed by atoms with Crippen LogP contribution in [0.2, 0.25) is 0 Å². The first-order valence-corrected chi connectivity index (χ1v) is 5.91. The molecule has 1 aromatic carbocycles. The summed E-state index contributed by atoms with van der Waals surface area (Å²) in [6, 6.07) is 2.39. The van der Waals surface area contributed by atoms with Gasteiger partial charge < -0.3 is 14.7 Å². The molecule has 0 atom stereocenters. The molecular weight excluding hydrogens is 256 g/mol. The Bertz CT molecular complexity index is 517. The lowest BCUT2D eigenvalue weighted by Crippen LogP contribution is -2.53. The highest BCUT2D eigenvalue weighted by molar-refractivity contribution is 5.88. The van der Waals surface area contributed by atoms with Crippen LogP contribution in [-0.4, -0.2) is 36.4 Å². The molecule has 1 aliphatic rings. The Morgan fingerprint density at radius 1 is 1.37 bits per heavy atom. The number of hydrogen-bond acceptors (Lipinski definition) is 3. The molecule has 0 saturated carbocycles. The molecule has 1 heterocycles. The number of anilines is 1. The normalized spacial score (nSPS) is 18.4. The van der Waals surface area contributed by atoms with Crippen molar-refractivity contribution < 1.29 is 23.4 Å². The Kier molecular flexibility index (Phi) is 3.45. The van der Waals surface area contributed by atoms with Crippen molar-refractivity contribution in [2.24, 2.45) is 0 Å². The molecule has 4 nitrogen and oxygen atoms in total. The number of halogens is 2. The number of rotatable bonds is 2. The van der Waals surface area contributed by atoms with E-state index in [-0.39, 0.29) is 5.69 Å². The summed E-state index contributed by atoms with van der Waals surface area (Å²) in [6.45, 7) is 4.96. The third-order valence-corrected chi connectivity index (χ3v) is 3.23. The maximum Gasteiger partial charge on any atom is 0.338 e. The molecule has 1 saturated heterocycles. The van der Waals surface area contributed by atoms with Crippen molar-refractivity contribution >= 4 is 11.7 Å². The van der Waals surface area contributed by atoms with E-state index in [1.807, 2.05) is 13.8 Å². The van der Waals surface area contributed by atoms with Gasteiger partial charge in [-0.2, -0.15) is 0 Å². The number of nitrogens with zero attached hydrogens (tertiary/aromatic N) is 1. The topological polar surface area (TPSA) is 49.8 Å². The zero-order valence-electron chi connectivity index (χ0n) is 10.7. The summed E-state index contributed by atoms with van der Waals surface area (Å²) in [4.78, 5) is 12.4. The molecule has 19 heavy (non-hydrogen) atoms. The third kappa shape index (κ3) is 2.40.